The van der Waals surface area contributed by atoms with Crippen molar-refractivity contribution in [2.75, 3.05) is 25.9 Å². The van der Waals surface area contributed by atoms with Crippen molar-refractivity contribution in [2.24, 2.45) is 16.8 Å². The lowest BCUT2D eigenvalue weighted by Crippen LogP contribution is -2.48. The molecule has 1 N–H and O–H groups in total. The van der Waals surface area contributed by atoms with Gasteiger partial charge in [-0.3, -0.25) is 0 Å². The van der Waals surface area contributed by atoms with Crippen LogP contribution in [0, 0.1) is 11.8 Å². The lowest BCUT2D eigenvalue weighted by Gasteiger charge is -2.37. The summed E-state index contributed by atoms with van der Waals surface area (Å²) in [5.41, 5.74) is 1.01. The highest BCUT2D eigenvalue weighted by atomic mass is 127. The third kappa shape index (κ3) is 6.77. The van der Waals surface area contributed by atoms with Crippen LogP contribution in [0.15, 0.2) is 34.2 Å². The van der Waals surface area contributed by atoms with Crippen molar-refractivity contribution >= 4 is 39.8 Å². The number of benzene rings is 1. The van der Waals surface area contributed by atoms with Gasteiger partial charge in [-0.1, -0.05) is 26.0 Å². The fourth-order valence-electron chi connectivity index (χ4n) is 3.27. The summed E-state index contributed by atoms with van der Waals surface area (Å²) in [4.78, 5) is 7.44. The van der Waals surface area contributed by atoms with Crippen molar-refractivity contribution in [2.45, 2.75) is 38.6 Å². The second kappa shape index (κ2) is 9.75. The summed E-state index contributed by atoms with van der Waals surface area (Å²) < 4.78 is 23.0. The van der Waals surface area contributed by atoms with E-state index >= 15 is 0 Å². The van der Waals surface area contributed by atoms with Gasteiger partial charge in [-0.05, 0) is 42.9 Å². The zero-order valence-electron chi connectivity index (χ0n) is 15.5. The van der Waals surface area contributed by atoms with Gasteiger partial charge < -0.3 is 10.2 Å². The van der Waals surface area contributed by atoms with Crippen molar-refractivity contribution in [1.82, 2.24) is 10.2 Å². The Hall–Kier alpha value is -0.830. The highest BCUT2D eigenvalue weighted by molar-refractivity contribution is 14.0. The van der Waals surface area contributed by atoms with Crippen LogP contribution in [0.5, 0.6) is 0 Å². The normalized spacial score (nSPS) is 21.6. The van der Waals surface area contributed by atoms with Gasteiger partial charge in [0, 0.05) is 25.9 Å². The maximum Gasteiger partial charge on any atom is 0.194 e. The minimum Gasteiger partial charge on any atom is -0.357 e. The van der Waals surface area contributed by atoms with E-state index in [0.717, 1.165) is 31.2 Å². The third-order valence-corrected chi connectivity index (χ3v) is 5.39. The number of nitrogens with one attached hydrogen (secondary N) is 1. The van der Waals surface area contributed by atoms with E-state index < -0.39 is 9.84 Å². The Morgan fingerprint density at radius 1 is 1.20 bits per heavy atom. The van der Waals surface area contributed by atoms with Gasteiger partial charge in [-0.15, -0.1) is 24.0 Å². The van der Waals surface area contributed by atoms with E-state index in [1.165, 1.54) is 12.7 Å². The second-order valence-electron chi connectivity index (χ2n) is 6.94. The molecule has 0 aromatic heterocycles. The van der Waals surface area contributed by atoms with Crippen molar-refractivity contribution in [3.8, 4) is 0 Å². The molecular formula is C18H30IN3O2S. The molecule has 1 aliphatic rings. The molecule has 25 heavy (non-hydrogen) atoms. The van der Waals surface area contributed by atoms with Crippen LogP contribution in [-0.2, 0) is 16.4 Å². The van der Waals surface area contributed by atoms with Crippen molar-refractivity contribution in [3.63, 3.8) is 0 Å². The van der Waals surface area contributed by atoms with Crippen LogP contribution in [0.3, 0.4) is 0 Å². The maximum absolute atomic E-state index is 11.5. The van der Waals surface area contributed by atoms with E-state index in [0.29, 0.717) is 23.3 Å². The Kier molecular flexibility index (Phi) is 8.67. The van der Waals surface area contributed by atoms with Crippen molar-refractivity contribution < 1.29 is 8.42 Å². The smallest absolute Gasteiger partial charge is 0.194 e. The van der Waals surface area contributed by atoms with Gasteiger partial charge in [-0.25, -0.2) is 13.4 Å². The first-order valence-electron chi connectivity index (χ1n) is 8.61. The van der Waals surface area contributed by atoms with E-state index in [2.05, 4.69) is 31.0 Å². The van der Waals surface area contributed by atoms with Crippen LogP contribution in [0.1, 0.15) is 32.8 Å². The number of nitrogens with zero attached hydrogens (tertiary/aromatic N) is 2. The first-order valence-corrected chi connectivity index (χ1v) is 10.5. The first-order chi connectivity index (χ1) is 11.3. The highest BCUT2D eigenvalue weighted by Gasteiger charge is 2.23. The monoisotopic (exact) mass is 479 g/mol. The molecule has 1 saturated heterocycles. The number of halogens is 1. The topological polar surface area (TPSA) is 61.8 Å². The molecule has 0 amide bonds. The minimum absolute atomic E-state index is 0. The van der Waals surface area contributed by atoms with Gasteiger partial charge in [0.25, 0.3) is 0 Å². The molecule has 1 heterocycles. The summed E-state index contributed by atoms with van der Waals surface area (Å²) in [7, 11) is -3.15. The van der Waals surface area contributed by atoms with Crippen LogP contribution in [-0.4, -0.2) is 45.2 Å². The number of guanidine groups is 1. The molecule has 142 valence electrons. The predicted molar refractivity (Wildman–Crippen MR) is 114 cm³/mol. The summed E-state index contributed by atoms with van der Waals surface area (Å²) in [6.45, 7) is 10.1. The summed E-state index contributed by atoms with van der Waals surface area (Å²) in [5, 5.41) is 3.38. The zero-order chi connectivity index (χ0) is 17.7. The lowest BCUT2D eigenvalue weighted by molar-refractivity contribution is 0.208. The molecule has 1 aliphatic heterocycles. The molecule has 7 heteroatoms. The number of piperidine rings is 1. The molecule has 1 aromatic rings. The summed E-state index contributed by atoms with van der Waals surface area (Å²) in [5.74, 6) is 2.29. The fourth-order valence-corrected chi connectivity index (χ4v) is 3.90. The van der Waals surface area contributed by atoms with E-state index in [-0.39, 0.29) is 24.0 Å². The number of hydrogen-bond donors (Lipinski definition) is 1. The standard InChI is InChI=1S/C18H29N3O2S.HI/c1-5-19-18(21-12-14(2)10-15(3)13-21)20-11-16-6-8-17(9-7-16)24(4,22)23;/h6-9,14-15H,5,10-13H2,1-4H3,(H,19,20);1H. The molecule has 0 aliphatic carbocycles. The highest BCUT2D eigenvalue weighted by Crippen LogP contribution is 2.21. The lowest BCUT2D eigenvalue weighted by atomic mass is 9.92. The Bertz CT molecular complexity index is 664. The minimum atomic E-state index is -3.15. The average Bonchev–Trinajstić information content (AvgIpc) is 2.50. The SMILES string of the molecule is CCNC(=NCc1ccc(S(C)(=O)=O)cc1)N1CC(C)CC(C)C1.I. The quantitative estimate of drug-likeness (QED) is 0.410. The Morgan fingerprint density at radius 3 is 2.24 bits per heavy atom. The summed E-state index contributed by atoms with van der Waals surface area (Å²) in [6, 6.07) is 6.98. The van der Waals surface area contributed by atoms with Gasteiger partial charge in [0.1, 0.15) is 0 Å². The van der Waals surface area contributed by atoms with Gasteiger partial charge in [-0.2, -0.15) is 0 Å². The van der Waals surface area contributed by atoms with Gasteiger partial charge in [0.15, 0.2) is 15.8 Å². The van der Waals surface area contributed by atoms with Crippen LogP contribution < -0.4 is 5.32 Å². The molecule has 2 rings (SSSR count). The number of likely N-dealkylation sites (tertiary alicyclic amines) is 1. The molecule has 2 unspecified atom stereocenters. The van der Waals surface area contributed by atoms with Gasteiger partial charge >= 0.3 is 0 Å². The van der Waals surface area contributed by atoms with Crippen LogP contribution in [0.2, 0.25) is 0 Å². The van der Waals surface area contributed by atoms with Crippen LogP contribution in [0.25, 0.3) is 0 Å². The van der Waals surface area contributed by atoms with Crippen molar-refractivity contribution in [1.29, 1.82) is 0 Å². The third-order valence-electron chi connectivity index (χ3n) is 4.27. The molecular weight excluding hydrogens is 449 g/mol. The number of hydrogen-bond acceptors (Lipinski definition) is 3. The Morgan fingerprint density at radius 2 is 1.76 bits per heavy atom. The molecule has 0 bridgehead atoms. The fraction of sp³-hybridized carbons (Fsp3) is 0.611. The summed E-state index contributed by atoms with van der Waals surface area (Å²) in [6.07, 6.45) is 2.49. The van der Waals surface area contributed by atoms with E-state index in [1.807, 2.05) is 12.1 Å². The molecule has 1 fully saturated rings. The van der Waals surface area contributed by atoms with Crippen molar-refractivity contribution in [3.05, 3.63) is 29.8 Å². The van der Waals surface area contributed by atoms with Gasteiger partial charge in [0.2, 0.25) is 0 Å². The maximum atomic E-state index is 11.5. The van der Waals surface area contributed by atoms with E-state index in [1.54, 1.807) is 12.1 Å². The number of aliphatic imine (C=N–C) groups is 1. The largest absolute Gasteiger partial charge is 0.357 e. The molecule has 2 atom stereocenters. The van der Waals surface area contributed by atoms with E-state index in [9.17, 15) is 8.42 Å². The zero-order valence-corrected chi connectivity index (χ0v) is 18.7. The van der Waals surface area contributed by atoms with E-state index in [4.69, 9.17) is 4.99 Å². The first kappa shape index (κ1) is 22.2. The van der Waals surface area contributed by atoms with Crippen LogP contribution in [0.4, 0.5) is 0 Å². The Balaban J connectivity index is 0.00000312. The molecule has 0 spiro atoms. The molecule has 1 aromatic carbocycles. The molecule has 5 nitrogen and oxygen atoms in total. The van der Waals surface area contributed by atoms with Gasteiger partial charge in [0.05, 0.1) is 11.4 Å². The van der Waals surface area contributed by atoms with Crippen LogP contribution >= 0.6 is 24.0 Å². The predicted octanol–water partition coefficient (Wildman–Crippen LogP) is 3.15. The Labute approximate surface area is 169 Å². The average molecular weight is 479 g/mol. The number of rotatable bonds is 4. The number of sulfone groups is 1. The molecule has 0 saturated carbocycles. The molecule has 0 radical (unpaired) electrons. The second-order valence-corrected chi connectivity index (χ2v) is 8.95. The summed E-state index contributed by atoms with van der Waals surface area (Å²) >= 11 is 0.